The van der Waals surface area contributed by atoms with Gasteiger partial charge in [0.25, 0.3) is 0 Å². The fourth-order valence-corrected chi connectivity index (χ4v) is 2.36. The summed E-state index contributed by atoms with van der Waals surface area (Å²) >= 11 is 9.22. The Labute approximate surface area is 128 Å². The third-order valence-electron chi connectivity index (χ3n) is 2.78. The van der Waals surface area contributed by atoms with Crippen molar-refractivity contribution in [2.45, 2.75) is 0 Å². The van der Waals surface area contributed by atoms with Crippen LogP contribution in [0.2, 0.25) is 5.02 Å². The standard InChI is InChI=1S/C15H8BrClFNO/c16-9-1-4-12(18)15(7-9)20-14-5-6-19-13-8-10(17)2-3-11(13)14/h1-8H. The van der Waals surface area contributed by atoms with Crippen molar-refractivity contribution in [2.75, 3.05) is 0 Å². The average molecular weight is 353 g/mol. The highest BCUT2D eigenvalue weighted by atomic mass is 79.9. The summed E-state index contributed by atoms with van der Waals surface area (Å²) in [5.74, 6) is 0.262. The van der Waals surface area contributed by atoms with Crippen molar-refractivity contribution >= 4 is 38.4 Å². The van der Waals surface area contributed by atoms with Crippen LogP contribution in [-0.2, 0) is 0 Å². The van der Waals surface area contributed by atoms with E-state index in [4.69, 9.17) is 16.3 Å². The number of rotatable bonds is 2. The molecule has 2 aromatic carbocycles. The molecule has 0 amide bonds. The molecule has 1 heterocycles. The summed E-state index contributed by atoms with van der Waals surface area (Å²) in [6.45, 7) is 0. The zero-order valence-corrected chi connectivity index (χ0v) is 12.5. The van der Waals surface area contributed by atoms with E-state index in [0.717, 1.165) is 9.86 Å². The molecule has 1 aromatic heterocycles. The van der Waals surface area contributed by atoms with E-state index in [0.29, 0.717) is 16.3 Å². The number of benzene rings is 2. The predicted molar refractivity (Wildman–Crippen MR) is 80.9 cm³/mol. The van der Waals surface area contributed by atoms with E-state index in [9.17, 15) is 4.39 Å². The summed E-state index contributed by atoms with van der Waals surface area (Å²) < 4.78 is 20.1. The molecule has 0 aliphatic heterocycles. The topological polar surface area (TPSA) is 22.1 Å². The van der Waals surface area contributed by atoms with Gasteiger partial charge in [0, 0.05) is 21.1 Å². The molecule has 0 aliphatic rings. The molecule has 0 radical (unpaired) electrons. The Hall–Kier alpha value is -1.65. The summed E-state index contributed by atoms with van der Waals surface area (Å²) in [5, 5.41) is 1.37. The molecular formula is C15H8BrClFNO. The normalized spacial score (nSPS) is 10.8. The van der Waals surface area contributed by atoms with Crippen molar-refractivity contribution in [2.24, 2.45) is 0 Å². The van der Waals surface area contributed by atoms with Gasteiger partial charge in [-0.1, -0.05) is 27.5 Å². The molecule has 100 valence electrons. The first-order chi connectivity index (χ1) is 9.63. The van der Waals surface area contributed by atoms with Crippen molar-refractivity contribution < 1.29 is 9.13 Å². The molecular weight excluding hydrogens is 345 g/mol. The fourth-order valence-electron chi connectivity index (χ4n) is 1.86. The fraction of sp³-hybridized carbons (Fsp3) is 0. The summed E-state index contributed by atoms with van der Waals surface area (Å²) in [4.78, 5) is 4.22. The van der Waals surface area contributed by atoms with Crippen molar-refractivity contribution in [3.05, 3.63) is 64.0 Å². The first kappa shape index (κ1) is 13.3. The van der Waals surface area contributed by atoms with Gasteiger partial charge in [-0.3, -0.25) is 4.98 Å². The predicted octanol–water partition coefficient (Wildman–Crippen LogP) is 5.58. The smallest absolute Gasteiger partial charge is 0.165 e. The molecule has 0 spiro atoms. The largest absolute Gasteiger partial charge is 0.453 e. The Morgan fingerprint density at radius 3 is 2.75 bits per heavy atom. The molecule has 0 bridgehead atoms. The Balaban J connectivity index is 2.09. The molecule has 0 fully saturated rings. The second-order valence-electron chi connectivity index (χ2n) is 4.15. The summed E-state index contributed by atoms with van der Waals surface area (Å²) in [5.41, 5.74) is 0.699. The minimum absolute atomic E-state index is 0.154. The zero-order chi connectivity index (χ0) is 14.1. The molecule has 0 saturated heterocycles. The Morgan fingerprint density at radius 2 is 1.90 bits per heavy atom. The second kappa shape index (κ2) is 5.38. The highest BCUT2D eigenvalue weighted by Crippen LogP contribution is 2.32. The number of halogens is 3. The maximum atomic E-state index is 13.7. The van der Waals surface area contributed by atoms with Gasteiger partial charge in [0.2, 0.25) is 0 Å². The number of pyridine rings is 1. The van der Waals surface area contributed by atoms with Crippen LogP contribution < -0.4 is 4.74 Å². The van der Waals surface area contributed by atoms with E-state index in [1.807, 2.05) is 0 Å². The Morgan fingerprint density at radius 1 is 1.05 bits per heavy atom. The van der Waals surface area contributed by atoms with Crippen LogP contribution in [0.15, 0.2) is 53.1 Å². The molecule has 0 saturated carbocycles. The number of ether oxygens (including phenoxy) is 1. The highest BCUT2D eigenvalue weighted by molar-refractivity contribution is 9.10. The van der Waals surface area contributed by atoms with Gasteiger partial charge in [-0.15, -0.1) is 0 Å². The van der Waals surface area contributed by atoms with Gasteiger partial charge in [0.1, 0.15) is 5.75 Å². The molecule has 0 aliphatic carbocycles. The van der Waals surface area contributed by atoms with Gasteiger partial charge < -0.3 is 4.74 Å². The third kappa shape index (κ3) is 2.62. The van der Waals surface area contributed by atoms with Gasteiger partial charge in [0.05, 0.1) is 5.52 Å². The van der Waals surface area contributed by atoms with E-state index >= 15 is 0 Å². The molecule has 0 N–H and O–H groups in total. The maximum absolute atomic E-state index is 13.7. The molecule has 0 atom stereocenters. The van der Waals surface area contributed by atoms with Crippen molar-refractivity contribution in [3.8, 4) is 11.5 Å². The van der Waals surface area contributed by atoms with Crippen LogP contribution in [0.4, 0.5) is 4.39 Å². The van der Waals surface area contributed by atoms with Crippen LogP contribution in [0.3, 0.4) is 0 Å². The molecule has 0 unspecified atom stereocenters. The lowest BCUT2D eigenvalue weighted by molar-refractivity contribution is 0.446. The number of fused-ring (bicyclic) bond motifs is 1. The van der Waals surface area contributed by atoms with Gasteiger partial charge in [-0.2, -0.15) is 0 Å². The van der Waals surface area contributed by atoms with Gasteiger partial charge in [-0.05, 0) is 42.5 Å². The van der Waals surface area contributed by atoms with E-state index in [1.165, 1.54) is 6.07 Å². The number of nitrogens with zero attached hydrogens (tertiary/aromatic N) is 1. The van der Waals surface area contributed by atoms with Crippen LogP contribution in [0.1, 0.15) is 0 Å². The van der Waals surface area contributed by atoms with Gasteiger partial charge >= 0.3 is 0 Å². The van der Waals surface area contributed by atoms with Gasteiger partial charge in [0.15, 0.2) is 11.6 Å². The lowest BCUT2D eigenvalue weighted by Crippen LogP contribution is -1.90. The van der Waals surface area contributed by atoms with Gasteiger partial charge in [-0.25, -0.2) is 4.39 Å². The third-order valence-corrected chi connectivity index (χ3v) is 3.51. The van der Waals surface area contributed by atoms with Crippen LogP contribution >= 0.6 is 27.5 Å². The minimum Gasteiger partial charge on any atom is -0.453 e. The Bertz CT molecular complexity index is 794. The molecule has 5 heteroatoms. The van der Waals surface area contributed by atoms with E-state index in [1.54, 1.807) is 42.6 Å². The summed E-state index contributed by atoms with van der Waals surface area (Å²) in [6.07, 6.45) is 1.60. The molecule has 3 rings (SSSR count). The van der Waals surface area contributed by atoms with Crippen LogP contribution in [-0.4, -0.2) is 4.98 Å². The van der Waals surface area contributed by atoms with Crippen molar-refractivity contribution in [1.29, 1.82) is 0 Å². The summed E-state index contributed by atoms with van der Waals surface area (Å²) in [7, 11) is 0. The number of hydrogen-bond donors (Lipinski definition) is 0. The lowest BCUT2D eigenvalue weighted by Gasteiger charge is -2.09. The lowest BCUT2D eigenvalue weighted by atomic mass is 10.2. The van der Waals surface area contributed by atoms with E-state index < -0.39 is 5.82 Å². The first-order valence-corrected chi connectivity index (χ1v) is 6.98. The van der Waals surface area contributed by atoms with E-state index in [-0.39, 0.29) is 5.75 Å². The monoisotopic (exact) mass is 351 g/mol. The van der Waals surface area contributed by atoms with Crippen molar-refractivity contribution in [3.63, 3.8) is 0 Å². The average Bonchev–Trinajstić information content (AvgIpc) is 2.43. The zero-order valence-electron chi connectivity index (χ0n) is 10.1. The minimum atomic E-state index is -0.424. The maximum Gasteiger partial charge on any atom is 0.165 e. The quantitative estimate of drug-likeness (QED) is 0.600. The van der Waals surface area contributed by atoms with Crippen LogP contribution in [0.5, 0.6) is 11.5 Å². The second-order valence-corrected chi connectivity index (χ2v) is 5.50. The Kier molecular flexibility index (Phi) is 3.59. The summed E-state index contributed by atoms with van der Waals surface area (Å²) in [6, 6.07) is 11.5. The first-order valence-electron chi connectivity index (χ1n) is 5.81. The number of aromatic nitrogens is 1. The van der Waals surface area contributed by atoms with Crippen molar-refractivity contribution in [1.82, 2.24) is 4.98 Å². The van der Waals surface area contributed by atoms with Crippen LogP contribution in [0, 0.1) is 5.82 Å². The number of hydrogen-bond acceptors (Lipinski definition) is 2. The molecule has 2 nitrogen and oxygen atoms in total. The molecule has 20 heavy (non-hydrogen) atoms. The highest BCUT2D eigenvalue weighted by Gasteiger charge is 2.09. The van der Waals surface area contributed by atoms with E-state index in [2.05, 4.69) is 20.9 Å². The SMILES string of the molecule is Fc1ccc(Br)cc1Oc1ccnc2cc(Cl)ccc12. The van der Waals surface area contributed by atoms with Crippen LogP contribution in [0.25, 0.3) is 10.9 Å². The molecule has 3 aromatic rings.